The highest BCUT2D eigenvalue weighted by Crippen LogP contribution is 2.30. The first-order valence-corrected chi connectivity index (χ1v) is 9.31. The average molecular weight is 380 g/mol. The number of benzene rings is 1. The number of nitrogens with two attached hydrogens (primary N) is 1. The molecule has 0 aromatic heterocycles. The number of amides is 2. The second kappa shape index (κ2) is 8.40. The van der Waals surface area contributed by atoms with Gasteiger partial charge in [-0.3, -0.25) is 9.59 Å². The lowest BCUT2D eigenvalue weighted by molar-refractivity contribution is -0.143. The molecule has 3 rings (SSSR count). The van der Waals surface area contributed by atoms with Gasteiger partial charge in [0.15, 0.2) is 0 Å². The van der Waals surface area contributed by atoms with Crippen molar-refractivity contribution < 1.29 is 9.59 Å². The zero-order valence-electron chi connectivity index (χ0n) is 15.9. The monoisotopic (exact) mass is 379 g/mol. The van der Waals surface area contributed by atoms with E-state index in [2.05, 4.69) is 13.0 Å². The Balaban J connectivity index is 0.00000243. The summed E-state index contributed by atoms with van der Waals surface area (Å²) in [5.41, 5.74) is 9.05. The van der Waals surface area contributed by atoms with E-state index in [0.29, 0.717) is 25.4 Å². The Bertz CT molecular complexity index is 659. The molecule has 1 aromatic rings. The van der Waals surface area contributed by atoms with Crippen LogP contribution in [-0.2, 0) is 9.59 Å². The van der Waals surface area contributed by atoms with Crippen LogP contribution in [0.4, 0.5) is 5.69 Å². The van der Waals surface area contributed by atoms with Crippen molar-refractivity contribution in [3.63, 3.8) is 0 Å². The predicted molar refractivity (Wildman–Crippen MR) is 107 cm³/mol. The first-order valence-electron chi connectivity index (χ1n) is 9.31. The molecule has 2 heterocycles. The van der Waals surface area contributed by atoms with E-state index in [4.69, 9.17) is 5.73 Å². The van der Waals surface area contributed by atoms with E-state index in [-0.39, 0.29) is 30.3 Å². The lowest BCUT2D eigenvalue weighted by Crippen LogP contribution is -2.52. The Morgan fingerprint density at radius 2 is 1.81 bits per heavy atom. The molecule has 2 N–H and O–H groups in total. The number of hydrogen-bond donors (Lipinski definition) is 1. The minimum absolute atomic E-state index is 0. The minimum atomic E-state index is -0.553. The second-order valence-corrected chi connectivity index (χ2v) is 7.73. The third kappa shape index (κ3) is 4.04. The molecule has 26 heavy (non-hydrogen) atoms. The van der Waals surface area contributed by atoms with Gasteiger partial charge in [-0.15, -0.1) is 12.4 Å². The zero-order valence-corrected chi connectivity index (χ0v) is 16.7. The van der Waals surface area contributed by atoms with E-state index >= 15 is 0 Å². The first kappa shape index (κ1) is 20.7. The van der Waals surface area contributed by atoms with Gasteiger partial charge < -0.3 is 15.5 Å². The van der Waals surface area contributed by atoms with Crippen LogP contribution in [0.5, 0.6) is 0 Å². The van der Waals surface area contributed by atoms with Crippen LogP contribution in [0, 0.1) is 25.7 Å². The SMILES string of the molecule is Cc1cc(C)cc(N2CCC(C(=O)N3CCC(C)CC3CN)C2=O)c1.Cl. The largest absolute Gasteiger partial charge is 0.338 e. The van der Waals surface area contributed by atoms with Gasteiger partial charge in [0.1, 0.15) is 5.92 Å². The summed E-state index contributed by atoms with van der Waals surface area (Å²) in [5.74, 6) is -0.0597. The van der Waals surface area contributed by atoms with Crippen molar-refractivity contribution in [1.29, 1.82) is 0 Å². The van der Waals surface area contributed by atoms with E-state index in [0.717, 1.165) is 36.2 Å². The normalized spacial score (nSPS) is 26.0. The summed E-state index contributed by atoms with van der Waals surface area (Å²) in [6, 6.07) is 6.19. The van der Waals surface area contributed by atoms with Crippen LogP contribution < -0.4 is 10.6 Å². The molecule has 0 aliphatic carbocycles. The van der Waals surface area contributed by atoms with E-state index < -0.39 is 5.92 Å². The van der Waals surface area contributed by atoms with Crippen LogP contribution in [0.25, 0.3) is 0 Å². The number of piperidine rings is 1. The van der Waals surface area contributed by atoms with Gasteiger partial charge in [0.2, 0.25) is 11.8 Å². The van der Waals surface area contributed by atoms with Gasteiger partial charge in [-0.05, 0) is 62.3 Å². The summed E-state index contributed by atoms with van der Waals surface area (Å²) in [6.45, 7) is 8.05. The van der Waals surface area contributed by atoms with Crippen LogP contribution >= 0.6 is 12.4 Å². The Morgan fingerprint density at radius 3 is 2.42 bits per heavy atom. The Hall–Kier alpha value is -1.59. The maximum absolute atomic E-state index is 13.0. The van der Waals surface area contributed by atoms with Gasteiger partial charge in [-0.25, -0.2) is 0 Å². The molecule has 1 aromatic carbocycles. The molecule has 0 bridgehead atoms. The molecule has 2 saturated heterocycles. The minimum Gasteiger partial charge on any atom is -0.338 e. The number of rotatable bonds is 3. The summed E-state index contributed by atoms with van der Waals surface area (Å²) in [7, 11) is 0. The number of carbonyl (C=O) groups is 2. The van der Waals surface area contributed by atoms with Crippen molar-refractivity contribution in [3.05, 3.63) is 29.3 Å². The van der Waals surface area contributed by atoms with E-state index in [9.17, 15) is 9.59 Å². The maximum atomic E-state index is 13.0. The topological polar surface area (TPSA) is 66.6 Å². The number of aryl methyl sites for hydroxylation is 2. The van der Waals surface area contributed by atoms with Crippen molar-refractivity contribution in [2.75, 3.05) is 24.5 Å². The molecule has 0 radical (unpaired) electrons. The molecular weight excluding hydrogens is 350 g/mol. The molecule has 2 amide bonds. The zero-order chi connectivity index (χ0) is 18.1. The lowest BCUT2D eigenvalue weighted by atomic mass is 9.91. The summed E-state index contributed by atoms with van der Waals surface area (Å²) < 4.78 is 0. The number of halogens is 1. The number of carbonyl (C=O) groups excluding carboxylic acids is 2. The van der Waals surface area contributed by atoms with Crippen molar-refractivity contribution >= 4 is 29.9 Å². The lowest BCUT2D eigenvalue weighted by Gasteiger charge is -2.39. The number of nitrogens with zero attached hydrogens (tertiary/aromatic N) is 2. The van der Waals surface area contributed by atoms with Crippen LogP contribution in [0.15, 0.2) is 18.2 Å². The predicted octanol–water partition coefficient (Wildman–Crippen LogP) is 2.66. The van der Waals surface area contributed by atoms with E-state index in [1.54, 1.807) is 4.90 Å². The molecule has 6 heteroatoms. The molecule has 2 aliphatic rings. The van der Waals surface area contributed by atoms with Gasteiger partial charge in [0.25, 0.3) is 0 Å². The molecule has 3 unspecified atom stereocenters. The molecule has 2 fully saturated rings. The van der Waals surface area contributed by atoms with E-state index in [1.807, 2.05) is 30.9 Å². The van der Waals surface area contributed by atoms with Gasteiger partial charge in [-0.1, -0.05) is 13.0 Å². The average Bonchev–Trinajstić information content (AvgIpc) is 2.94. The summed E-state index contributed by atoms with van der Waals surface area (Å²) in [5, 5.41) is 0. The van der Waals surface area contributed by atoms with Gasteiger partial charge in [0.05, 0.1) is 0 Å². The van der Waals surface area contributed by atoms with Crippen molar-refractivity contribution in [1.82, 2.24) is 4.90 Å². The molecular formula is C20H30ClN3O2. The number of anilines is 1. The van der Waals surface area contributed by atoms with Crippen LogP contribution in [-0.4, -0.2) is 42.4 Å². The maximum Gasteiger partial charge on any atom is 0.239 e. The Kier molecular flexibility index (Phi) is 6.69. The Labute approximate surface area is 162 Å². The number of hydrogen-bond acceptors (Lipinski definition) is 3. The summed E-state index contributed by atoms with van der Waals surface area (Å²) in [4.78, 5) is 29.6. The van der Waals surface area contributed by atoms with Crippen molar-refractivity contribution in [2.24, 2.45) is 17.6 Å². The highest BCUT2D eigenvalue weighted by atomic mass is 35.5. The molecule has 3 atom stereocenters. The summed E-state index contributed by atoms with van der Waals surface area (Å²) >= 11 is 0. The highest BCUT2D eigenvalue weighted by Gasteiger charge is 2.42. The quantitative estimate of drug-likeness (QED) is 0.821. The third-order valence-corrected chi connectivity index (χ3v) is 5.55. The number of likely N-dealkylation sites (tertiary alicyclic amines) is 1. The molecule has 5 nitrogen and oxygen atoms in total. The highest BCUT2D eigenvalue weighted by molar-refractivity contribution is 6.09. The molecule has 2 aliphatic heterocycles. The van der Waals surface area contributed by atoms with Crippen LogP contribution in [0.2, 0.25) is 0 Å². The fourth-order valence-corrected chi connectivity index (χ4v) is 4.24. The molecule has 0 saturated carbocycles. The van der Waals surface area contributed by atoms with Gasteiger partial charge >= 0.3 is 0 Å². The summed E-state index contributed by atoms with van der Waals surface area (Å²) in [6.07, 6.45) is 2.52. The van der Waals surface area contributed by atoms with E-state index in [1.165, 1.54) is 0 Å². The molecule has 144 valence electrons. The fourth-order valence-electron chi connectivity index (χ4n) is 4.24. The third-order valence-electron chi connectivity index (χ3n) is 5.55. The standard InChI is InChI=1S/C20H29N3O2.ClH/c1-13-4-6-23(17(9-13)12-21)20(25)18-5-7-22(19(18)24)16-10-14(2)8-15(3)11-16;/h8,10-11,13,17-18H,4-7,9,12,21H2,1-3H3;1H. The van der Waals surface area contributed by atoms with Crippen LogP contribution in [0.1, 0.15) is 37.3 Å². The van der Waals surface area contributed by atoms with Gasteiger partial charge in [0, 0.05) is 31.4 Å². The fraction of sp³-hybridized carbons (Fsp3) is 0.600. The Morgan fingerprint density at radius 1 is 1.15 bits per heavy atom. The van der Waals surface area contributed by atoms with Crippen molar-refractivity contribution in [2.45, 2.75) is 46.1 Å². The molecule has 0 spiro atoms. The van der Waals surface area contributed by atoms with Crippen LogP contribution in [0.3, 0.4) is 0 Å². The van der Waals surface area contributed by atoms with Crippen molar-refractivity contribution in [3.8, 4) is 0 Å². The smallest absolute Gasteiger partial charge is 0.239 e. The van der Waals surface area contributed by atoms with Gasteiger partial charge in [-0.2, -0.15) is 0 Å². The first-order chi connectivity index (χ1) is 11.9. The second-order valence-electron chi connectivity index (χ2n) is 7.73.